The molecular weight excluding hydrogens is 278 g/mol. The zero-order chi connectivity index (χ0) is 14.5. The Kier molecular flexibility index (Phi) is 4.16. The molecule has 8 heteroatoms. The van der Waals surface area contributed by atoms with E-state index in [0.717, 1.165) is 4.90 Å². The van der Waals surface area contributed by atoms with Crippen LogP contribution in [-0.4, -0.2) is 33.1 Å². The molecule has 0 bridgehead atoms. The molecule has 0 fully saturated rings. The number of rotatable bonds is 3. The minimum atomic E-state index is -0.459. The summed E-state index contributed by atoms with van der Waals surface area (Å²) in [6.45, 7) is 0. The SMILES string of the molecule is COc1ccnc(N(C(=O)c2cccnc2)C(N)=S)n1. The quantitative estimate of drug-likeness (QED) is 0.834. The van der Waals surface area contributed by atoms with Gasteiger partial charge in [0.2, 0.25) is 11.8 Å². The van der Waals surface area contributed by atoms with Crippen LogP contribution in [0.5, 0.6) is 5.88 Å². The molecule has 2 heterocycles. The van der Waals surface area contributed by atoms with E-state index < -0.39 is 5.91 Å². The minimum Gasteiger partial charge on any atom is -0.481 e. The molecule has 0 aliphatic heterocycles. The molecule has 2 aromatic rings. The van der Waals surface area contributed by atoms with Crippen molar-refractivity contribution in [3.05, 3.63) is 42.4 Å². The number of anilines is 1. The highest BCUT2D eigenvalue weighted by Gasteiger charge is 2.23. The molecule has 2 aromatic heterocycles. The van der Waals surface area contributed by atoms with Gasteiger partial charge in [-0.15, -0.1) is 0 Å². The first-order valence-electron chi connectivity index (χ1n) is 5.54. The van der Waals surface area contributed by atoms with E-state index in [4.69, 9.17) is 22.7 Å². The Morgan fingerprint density at radius 1 is 1.40 bits per heavy atom. The monoisotopic (exact) mass is 289 g/mol. The lowest BCUT2D eigenvalue weighted by Crippen LogP contribution is -2.41. The van der Waals surface area contributed by atoms with Gasteiger partial charge in [0.1, 0.15) is 0 Å². The third kappa shape index (κ3) is 2.86. The summed E-state index contributed by atoms with van der Waals surface area (Å²) in [6, 6.07) is 4.79. The van der Waals surface area contributed by atoms with Crippen LogP contribution in [0, 0.1) is 0 Å². The summed E-state index contributed by atoms with van der Waals surface area (Å²) in [5.74, 6) is -0.111. The van der Waals surface area contributed by atoms with E-state index in [9.17, 15) is 4.79 Å². The molecule has 2 N–H and O–H groups in total. The number of methoxy groups -OCH3 is 1. The van der Waals surface area contributed by atoms with Crippen molar-refractivity contribution in [1.29, 1.82) is 0 Å². The highest BCUT2D eigenvalue weighted by atomic mass is 32.1. The predicted molar refractivity (Wildman–Crippen MR) is 76.4 cm³/mol. The lowest BCUT2D eigenvalue weighted by atomic mass is 10.2. The van der Waals surface area contributed by atoms with Crippen LogP contribution in [0.4, 0.5) is 5.95 Å². The number of nitrogens with two attached hydrogens (primary N) is 1. The number of pyridine rings is 1. The zero-order valence-electron chi connectivity index (χ0n) is 10.6. The molecule has 0 radical (unpaired) electrons. The molecule has 20 heavy (non-hydrogen) atoms. The van der Waals surface area contributed by atoms with E-state index >= 15 is 0 Å². The lowest BCUT2D eigenvalue weighted by Gasteiger charge is -2.18. The number of hydrogen-bond acceptors (Lipinski definition) is 6. The van der Waals surface area contributed by atoms with Crippen molar-refractivity contribution in [2.75, 3.05) is 12.0 Å². The van der Waals surface area contributed by atoms with Gasteiger partial charge in [0.05, 0.1) is 12.7 Å². The second-order valence-electron chi connectivity index (χ2n) is 3.62. The van der Waals surface area contributed by atoms with Crippen LogP contribution in [-0.2, 0) is 0 Å². The van der Waals surface area contributed by atoms with E-state index in [1.165, 1.54) is 19.5 Å². The van der Waals surface area contributed by atoms with E-state index in [2.05, 4.69) is 15.0 Å². The van der Waals surface area contributed by atoms with Gasteiger partial charge in [-0.25, -0.2) is 9.88 Å². The molecular formula is C12H11N5O2S. The smallest absolute Gasteiger partial charge is 0.268 e. The number of aromatic nitrogens is 3. The summed E-state index contributed by atoms with van der Waals surface area (Å²) in [4.78, 5) is 25.3. The molecule has 0 unspecified atom stereocenters. The number of amides is 1. The zero-order valence-corrected chi connectivity index (χ0v) is 11.4. The molecule has 1 amide bonds. The maximum absolute atomic E-state index is 12.4. The summed E-state index contributed by atoms with van der Waals surface area (Å²) < 4.78 is 4.98. The molecule has 7 nitrogen and oxygen atoms in total. The Morgan fingerprint density at radius 2 is 2.20 bits per heavy atom. The number of hydrogen-bond donors (Lipinski definition) is 1. The first-order chi connectivity index (χ1) is 9.63. The molecule has 0 aromatic carbocycles. The summed E-state index contributed by atoms with van der Waals surface area (Å²) in [5, 5.41) is -0.160. The first kappa shape index (κ1) is 13.8. The first-order valence-corrected chi connectivity index (χ1v) is 5.95. The van der Waals surface area contributed by atoms with Crippen LogP contribution in [0.2, 0.25) is 0 Å². The fraction of sp³-hybridized carbons (Fsp3) is 0.0833. The van der Waals surface area contributed by atoms with Gasteiger partial charge in [-0.2, -0.15) is 4.98 Å². The number of ether oxygens (including phenoxy) is 1. The molecule has 102 valence electrons. The standard InChI is InChI=1S/C12H11N5O2S/c1-19-9-4-6-15-12(16-9)17(11(13)20)10(18)8-3-2-5-14-7-8/h2-7H,1H3,(H2,13,20). The van der Waals surface area contributed by atoms with Crippen molar-refractivity contribution in [3.8, 4) is 5.88 Å². The highest BCUT2D eigenvalue weighted by molar-refractivity contribution is 7.80. The Labute approximate surface area is 120 Å². The van der Waals surface area contributed by atoms with Crippen LogP contribution in [0.15, 0.2) is 36.8 Å². The molecule has 0 atom stereocenters. The fourth-order valence-corrected chi connectivity index (χ4v) is 1.63. The molecule has 2 rings (SSSR count). The van der Waals surface area contributed by atoms with Gasteiger partial charge in [-0.05, 0) is 24.4 Å². The summed E-state index contributed by atoms with van der Waals surface area (Å²) >= 11 is 4.90. The van der Waals surface area contributed by atoms with Gasteiger partial charge in [-0.3, -0.25) is 9.78 Å². The van der Waals surface area contributed by atoms with Gasteiger partial charge in [0.15, 0.2) is 5.11 Å². The average molecular weight is 289 g/mol. The molecule has 0 spiro atoms. The summed E-state index contributed by atoms with van der Waals surface area (Å²) in [7, 11) is 1.46. The van der Waals surface area contributed by atoms with Crippen LogP contribution in [0.1, 0.15) is 10.4 Å². The molecule has 0 aliphatic rings. The third-order valence-corrected chi connectivity index (χ3v) is 2.54. The Morgan fingerprint density at radius 3 is 2.80 bits per heavy atom. The van der Waals surface area contributed by atoms with Crippen molar-refractivity contribution < 1.29 is 9.53 Å². The van der Waals surface area contributed by atoms with Gasteiger partial charge < -0.3 is 10.5 Å². The van der Waals surface area contributed by atoms with E-state index in [1.54, 1.807) is 24.4 Å². The number of carbonyl (C=O) groups excluding carboxylic acids is 1. The normalized spacial score (nSPS) is 9.85. The average Bonchev–Trinajstić information content (AvgIpc) is 2.48. The second-order valence-corrected chi connectivity index (χ2v) is 4.04. The summed E-state index contributed by atoms with van der Waals surface area (Å²) in [6.07, 6.45) is 4.42. The van der Waals surface area contributed by atoms with E-state index in [0.29, 0.717) is 11.4 Å². The molecule has 0 saturated heterocycles. The third-order valence-electron chi connectivity index (χ3n) is 2.36. The van der Waals surface area contributed by atoms with E-state index in [1.807, 2.05) is 0 Å². The maximum Gasteiger partial charge on any atom is 0.268 e. The molecule has 0 aliphatic carbocycles. The highest BCUT2D eigenvalue weighted by Crippen LogP contribution is 2.15. The number of carbonyl (C=O) groups is 1. The second kappa shape index (κ2) is 6.02. The fourth-order valence-electron chi connectivity index (χ4n) is 1.46. The molecule has 0 saturated carbocycles. The maximum atomic E-state index is 12.4. The topological polar surface area (TPSA) is 94.2 Å². The van der Waals surface area contributed by atoms with Crippen LogP contribution < -0.4 is 15.4 Å². The van der Waals surface area contributed by atoms with Crippen LogP contribution in [0.25, 0.3) is 0 Å². The van der Waals surface area contributed by atoms with Crippen molar-refractivity contribution in [3.63, 3.8) is 0 Å². The number of thiocarbonyl (C=S) groups is 1. The predicted octanol–water partition coefficient (Wildman–Crippen LogP) is 0.771. The van der Waals surface area contributed by atoms with Crippen molar-refractivity contribution in [2.45, 2.75) is 0 Å². The van der Waals surface area contributed by atoms with Gasteiger partial charge in [0, 0.05) is 24.7 Å². The minimum absolute atomic E-state index is 0.0469. The van der Waals surface area contributed by atoms with Gasteiger partial charge in [0.25, 0.3) is 5.91 Å². The Bertz CT molecular complexity index is 635. The van der Waals surface area contributed by atoms with Crippen LogP contribution in [0.3, 0.4) is 0 Å². The summed E-state index contributed by atoms with van der Waals surface area (Å²) in [5.41, 5.74) is 5.92. The van der Waals surface area contributed by atoms with Crippen molar-refractivity contribution in [2.24, 2.45) is 5.73 Å². The lowest BCUT2D eigenvalue weighted by molar-refractivity contribution is 0.100. The van der Waals surface area contributed by atoms with Gasteiger partial charge >= 0.3 is 0 Å². The van der Waals surface area contributed by atoms with Crippen LogP contribution >= 0.6 is 12.2 Å². The van der Waals surface area contributed by atoms with E-state index in [-0.39, 0.29) is 11.1 Å². The number of nitrogens with zero attached hydrogens (tertiary/aromatic N) is 4. The van der Waals surface area contributed by atoms with Crippen molar-refractivity contribution in [1.82, 2.24) is 15.0 Å². The Hall–Kier alpha value is -2.61. The van der Waals surface area contributed by atoms with Gasteiger partial charge in [-0.1, -0.05) is 0 Å². The van der Waals surface area contributed by atoms with Crippen molar-refractivity contribution >= 4 is 29.2 Å². The Balaban J connectivity index is 2.41. The largest absolute Gasteiger partial charge is 0.481 e.